The van der Waals surface area contributed by atoms with Gasteiger partial charge in [0.25, 0.3) is 0 Å². The van der Waals surface area contributed by atoms with Gasteiger partial charge in [-0.15, -0.1) is 5.10 Å². The number of carboxylic acids is 1. The van der Waals surface area contributed by atoms with Crippen molar-refractivity contribution in [1.82, 2.24) is 15.0 Å². The van der Waals surface area contributed by atoms with Crippen LogP contribution in [0.15, 0.2) is 28.9 Å². The minimum absolute atomic E-state index is 0.00530. The maximum atomic E-state index is 13.6. The van der Waals surface area contributed by atoms with Crippen LogP contribution in [0.3, 0.4) is 0 Å². The van der Waals surface area contributed by atoms with E-state index < -0.39 is 5.97 Å². The summed E-state index contributed by atoms with van der Waals surface area (Å²) >= 11 is 3.19. The maximum absolute atomic E-state index is 13.6. The Labute approximate surface area is 117 Å². The van der Waals surface area contributed by atoms with Crippen LogP contribution in [0.25, 0.3) is 0 Å². The number of aromatic nitrogens is 3. The zero-order valence-corrected chi connectivity index (χ0v) is 11.5. The van der Waals surface area contributed by atoms with Crippen LogP contribution < -0.4 is 0 Å². The van der Waals surface area contributed by atoms with Crippen LogP contribution in [-0.4, -0.2) is 26.1 Å². The third kappa shape index (κ3) is 3.85. The maximum Gasteiger partial charge on any atom is 0.303 e. The second kappa shape index (κ2) is 5.92. The molecule has 0 unspecified atom stereocenters. The van der Waals surface area contributed by atoms with Gasteiger partial charge in [-0.3, -0.25) is 4.79 Å². The molecule has 2 aromatic rings. The molecule has 0 aliphatic carbocycles. The number of hydrogen-bond acceptors (Lipinski definition) is 3. The zero-order chi connectivity index (χ0) is 13.8. The Morgan fingerprint density at radius 1 is 1.47 bits per heavy atom. The summed E-state index contributed by atoms with van der Waals surface area (Å²) in [5, 5.41) is 16.3. The number of carboxylic acid groups (broad SMARTS) is 1. The van der Waals surface area contributed by atoms with E-state index in [0.29, 0.717) is 22.2 Å². The Bertz CT molecular complexity index is 600. The first-order valence-corrected chi connectivity index (χ1v) is 6.38. The number of aliphatic carboxylic acids is 1. The standard InChI is InChI=1S/C12H11BrFN3O2/c13-9-2-1-8(11(14)5-9)6-17-7-10(15-16-17)3-4-12(18)19/h1-2,5,7H,3-4,6H2,(H,18,19). The van der Waals surface area contributed by atoms with Gasteiger partial charge in [-0.25, -0.2) is 9.07 Å². The van der Waals surface area contributed by atoms with Crippen molar-refractivity contribution in [3.8, 4) is 0 Å². The van der Waals surface area contributed by atoms with Gasteiger partial charge in [-0.2, -0.15) is 0 Å². The van der Waals surface area contributed by atoms with Crippen molar-refractivity contribution < 1.29 is 14.3 Å². The second-order valence-electron chi connectivity index (χ2n) is 4.04. The summed E-state index contributed by atoms with van der Waals surface area (Å²) in [5.74, 6) is -1.20. The molecule has 100 valence electrons. The molecule has 1 heterocycles. The molecular formula is C12H11BrFN3O2. The SMILES string of the molecule is O=C(O)CCc1cn(Cc2ccc(Br)cc2F)nn1. The third-order valence-corrected chi connectivity index (χ3v) is 3.02. The van der Waals surface area contributed by atoms with Gasteiger partial charge in [0.2, 0.25) is 0 Å². The van der Waals surface area contributed by atoms with Gasteiger partial charge >= 0.3 is 5.97 Å². The molecule has 1 N–H and O–H groups in total. The summed E-state index contributed by atoms with van der Waals surface area (Å²) in [4.78, 5) is 10.4. The van der Waals surface area contributed by atoms with Crippen molar-refractivity contribution in [2.24, 2.45) is 0 Å². The predicted octanol–water partition coefficient (Wildman–Crippen LogP) is 2.25. The van der Waals surface area contributed by atoms with Crippen molar-refractivity contribution in [2.45, 2.75) is 19.4 Å². The lowest BCUT2D eigenvalue weighted by Gasteiger charge is -2.03. The van der Waals surface area contributed by atoms with Gasteiger partial charge in [0.15, 0.2) is 0 Å². The predicted molar refractivity (Wildman–Crippen MR) is 69.2 cm³/mol. The van der Waals surface area contributed by atoms with Crippen molar-refractivity contribution in [3.05, 3.63) is 45.9 Å². The zero-order valence-electron chi connectivity index (χ0n) is 9.88. The van der Waals surface area contributed by atoms with Crippen molar-refractivity contribution in [3.63, 3.8) is 0 Å². The van der Waals surface area contributed by atoms with Crippen LogP contribution in [0, 0.1) is 5.82 Å². The van der Waals surface area contributed by atoms with E-state index in [-0.39, 0.29) is 18.8 Å². The molecule has 0 spiro atoms. The van der Waals surface area contributed by atoms with Gasteiger partial charge in [0, 0.05) is 22.7 Å². The molecule has 2 rings (SSSR count). The van der Waals surface area contributed by atoms with E-state index in [1.807, 2.05) is 0 Å². The Morgan fingerprint density at radius 3 is 2.95 bits per heavy atom. The average Bonchev–Trinajstić information content (AvgIpc) is 2.78. The highest BCUT2D eigenvalue weighted by Crippen LogP contribution is 2.16. The minimum atomic E-state index is -0.881. The minimum Gasteiger partial charge on any atom is -0.481 e. The monoisotopic (exact) mass is 327 g/mol. The second-order valence-corrected chi connectivity index (χ2v) is 4.95. The molecule has 1 aromatic heterocycles. The summed E-state index contributed by atoms with van der Waals surface area (Å²) < 4.78 is 15.8. The topological polar surface area (TPSA) is 68.0 Å². The summed E-state index contributed by atoms with van der Waals surface area (Å²) in [6.45, 7) is 0.263. The molecule has 1 aromatic carbocycles. The molecule has 0 saturated carbocycles. The Balaban J connectivity index is 2.05. The number of aryl methyl sites for hydroxylation is 1. The van der Waals surface area contributed by atoms with Gasteiger partial charge in [0.1, 0.15) is 5.82 Å². The highest BCUT2D eigenvalue weighted by atomic mass is 79.9. The number of carbonyl (C=O) groups is 1. The van der Waals surface area contributed by atoms with E-state index in [1.54, 1.807) is 18.3 Å². The molecule has 0 saturated heterocycles. The highest BCUT2D eigenvalue weighted by molar-refractivity contribution is 9.10. The van der Waals surface area contributed by atoms with Crippen LogP contribution in [0.5, 0.6) is 0 Å². The van der Waals surface area contributed by atoms with E-state index >= 15 is 0 Å². The smallest absolute Gasteiger partial charge is 0.303 e. The first kappa shape index (κ1) is 13.7. The number of rotatable bonds is 5. The number of nitrogens with zero attached hydrogens (tertiary/aromatic N) is 3. The lowest BCUT2D eigenvalue weighted by atomic mass is 10.2. The number of hydrogen-bond donors (Lipinski definition) is 1. The van der Waals surface area contributed by atoms with Crippen LogP contribution in [0.2, 0.25) is 0 Å². The summed E-state index contributed by atoms with van der Waals surface area (Å²) in [6, 6.07) is 4.80. The lowest BCUT2D eigenvalue weighted by molar-refractivity contribution is -0.136. The normalized spacial score (nSPS) is 10.6. The molecule has 7 heteroatoms. The molecule has 0 aliphatic rings. The van der Waals surface area contributed by atoms with E-state index in [2.05, 4.69) is 26.2 Å². The van der Waals surface area contributed by atoms with E-state index in [0.717, 1.165) is 0 Å². The third-order valence-electron chi connectivity index (χ3n) is 2.53. The summed E-state index contributed by atoms with van der Waals surface area (Å²) in [5.41, 5.74) is 1.08. The van der Waals surface area contributed by atoms with Crippen LogP contribution in [0.1, 0.15) is 17.7 Å². The van der Waals surface area contributed by atoms with Gasteiger partial charge in [-0.1, -0.05) is 27.2 Å². The molecule has 0 atom stereocenters. The fourth-order valence-corrected chi connectivity index (χ4v) is 1.92. The van der Waals surface area contributed by atoms with Gasteiger partial charge in [-0.05, 0) is 12.1 Å². The van der Waals surface area contributed by atoms with Crippen molar-refractivity contribution in [2.75, 3.05) is 0 Å². The largest absolute Gasteiger partial charge is 0.481 e. The highest BCUT2D eigenvalue weighted by Gasteiger charge is 2.07. The quantitative estimate of drug-likeness (QED) is 0.914. The number of halogens is 2. The first-order valence-electron chi connectivity index (χ1n) is 5.59. The lowest BCUT2D eigenvalue weighted by Crippen LogP contribution is -2.02. The molecular weight excluding hydrogens is 317 g/mol. The van der Waals surface area contributed by atoms with Crippen LogP contribution in [0.4, 0.5) is 4.39 Å². The molecule has 0 fully saturated rings. The van der Waals surface area contributed by atoms with Gasteiger partial charge in [0.05, 0.1) is 18.7 Å². The summed E-state index contributed by atoms with van der Waals surface area (Å²) in [6.07, 6.45) is 1.95. The van der Waals surface area contributed by atoms with Crippen LogP contribution >= 0.6 is 15.9 Å². The molecule has 0 aliphatic heterocycles. The molecule has 0 amide bonds. The fourth-order valence-electron chi connectivity index (χ4n) is 1.59. The van der Waals surface area contributed by atoms with Crippen LogP contribution in [-0.2, 0) is 17.8 Å². The van der Waals surface area contributed by atoms with E-state index in [4.69, 9.17) is 5.11 Å². The average molecular weight is 328 g/mol. The van der Waals surface area contributed by atoms with Crippen molar-refractivity contribution >= 4 is 21.9 Å². The summed E-state index contributed by atoms with van der Waals surface area (Å²) in [7, 11) is 0. The van der Waals surface area contributed by atoms with Crippen molar-refractivity contribution in [1.29, 1.82) is 0 Å². The Hall–Kier alpha value is -1.76. The molecule has 0 radical (unpaired) electrons. The Morgan fingerprint density at radius 2 is 2.26 bits per heavy atom. The number of benzene rings is 1. The molecule has 19 heavy (non-hydrogen) atoms. The van der Waals surface area contributed by atoms with Gasteiger partial charge < -0.3 is 5.11 Å². The fraction of sp³-hybridized carbons (Fsp3) is 0.250. The molecule has 0 bridgehead atoms. The Kier molecular flexibility index (Phi) is 4.26. The van der Waals surface area contributed by atoms with E-state index in [9.17, 15) is 9.18 Å². The molecule has 5 nitrogen and oxygen atoms in total. The van der Waals surface area contributed by atoms with E-state index in [1.165, 1.54) is 10.7 Å². The first-order chi connectivity index (χ1) is 9.04.